The van der Waals surface area contributed by atoms with E-state index in [2.05, 4.69) is 22.3 Å². The molecule has 0 fully saturated rings. The highest BCUT2D eigenvalue weighted by molar-refractivity contribution is 7.94. The summed E-state index contributed by atoms with van der Waals surface area (Å²) in [6, 6.07) is 9.05. The molecule has 162 valence electrons. The fraction of sp³-hybridized carbons (Fsp3) is 0.0909. The third-order valence-corrected chi connectivity index (χ3v) is 4.94. The molecule has 0 bridgehead atoms. The Kier molecular flexibility index (Phi) is 6.39. The van der Waals surface area contributed by atoms with Crippen LogP contribution in [0, 0.1) is 28.9 Å². The first-order valence-corrected chi connectivity index (χ1v) is 10.0. The molecule has 1 aliphatic rings. The maximum absolute atomic E-state index is 14.8. The fourth-order valence-corrected chi connectivity index (χ4v) is 3.25. The first-order chi connectivity index (χ1) is 15.5. The number of nitrogens with two attached hydrogens (primary N) is 1. The second kappa shape index (κ2) is 9.55. The number of fused-ring (bicyclic) bond motifs is 1. The Morgan fingerprint density at radius 3 is 2.75 bits per heavy atom. The molecule has 32 heavy (non-hydrogen) atoms. The predicted octanol–water partition coefficient (Wildman–Crippen LogP) is 4.16. The van der Waals surface area contributed by atoms with Gasteiger partial charge >= 0.3 is 0 Å². The van der Waals surface area contributed by atoms with Crippen molar-refractivity contribution in [1.29, 1.82) is 5.41 Å². The lowest BCUT2D eigenvalue weighted by Crippen LogP contribution is -2.15. The van der Waals surface area contributed by atoms with Crippen molar-refractivity contribution >= 4 is 29.8 Å². The number of nitrogens with one attached hydrogen (secondary N) is 2. The van der Waals surface area contributed by atoms with Gasteiger partial charge in [-0.1, -0.05) is 11.8 Å². The van der Waals surface area contributed by atoms with Gasteiger partial charge in [-0.2, -0.15) is 4.28 Å². The minimum absolute atomic E-state index is 0.0867. The van der Waals surface area contributed by atoms with Gasteiger partial charge in [0, 0.05) is 28.4 Å². The van der Waals surface area contributed by atoms with Gasteiger partial charge in [0.25, 0.3) is 0 Å². The average Bonchev–Trinajstić information content (AvgIpc) is 2.81. The third-order valence-electron chi connectivity index (χ3n) is 4.33. The van der Waals surface area contributed by atoms with Crippen LogP contribution in [0.4, 0.5) is 20.3 Å². The zero-order valence-electron chi connectivity index (χ0n) is 16.4. The van der Waals surface area contributed by atoms with Crippen LogP contribution in [0.15, 0.2) is 47.5 Å². The molecule has 0 spiro atoms. The van der Waals surface area contributed by atoms with Crippen LogP contribution in [0.1, 0.15) is 16.7 Å². The normalized spacial score (nSPS) is 11.9. The van der Waals surface area contributed by atoms with E-state index >= 15 is 0 Å². The highest BCUT2D eigenvalue weighted by Crippen LogP contribution is 2.34. The molecule has 0 unspecified atom stereocenters. The summed E-state index contributed by atoms with van der Waals surface area (Å²) in [5.41, 5.74) is 8.28. The highest BCUT2D eigenvalue weighted by atomic mass is 32.2. The zero-order chi connectivity index (χ0) is 22.5. The van der Waals surface area contributed by atoms with Crippen LogP contribution >= 0.6 is 12.0 Å². The smallest absolute Gasteiger partial charge is 0.167 e. The van der Waals surface area contributed by atoms with Crippen LogP contribution in [0.2, 0.25) is 0 Å². The van der Waals surface area contributed by atoms with Crippen molar-refractivity contribution in [3.8, 4) is 23.3 Å². The van der Waals surface area contributed by atoms with Crippen LogP contribution in [-0.2, 0) is 4.28 Å². The largest absolute Gasteiger partial charge is 0.486 e. The number of hydrogen-bond donors (Lipinski definition) is 3. The molecule has 3 aromatic rings. The minimum Gasteiger partial charge on any atom is -0.486 e. The molecule has 4 N–H and O–H groups in total. The van der Waals surface area contributed by atoms with Crippen molar-refractivity contribution in [1.82, 2.24) is 4.98 Å². The second-order valence-electron chi connectivity index (χ2n) is 6.45. The van der Waals surface area contributed by atoms with E-state index in [-0.39, 0.29) is 11.5 Å². The topological polar surface area (TPSA) is 102 Å². The van der Waals surface area contributed by atoms with Crippen LogP contribution < -0.4 is 20.7 Å². The van der Waals surface area contributed by atoms with Gasteiger partial charge in [0.1, 0.15) is 24.8 Å². The monoisotopic (exact) mass is 454 g/mol. The number of nitrogen functional groups attached to an aromatic ring is 1. The van der Waals surface area contributed by atoms with Crippen LogP contribution in [0.3, 0.4) is 0 Å². The van der Waals surface area contributed by atoms with E-state index in [1.807, 2.05) is 0 Å². The number of benzene rings is 2. The Morgan fingerprint density at radius 1 is 1.12 bits per heavy atom. The maximum atomic E-state index is 14.8. The predicted molar refractivity (Wildman–Crippen MR) is 117 cm³/mol. The number of ether oxygens (including phenoxy) is 2. The maximum Gasteiger partial charge on any atom is 0.167 e. The lowest BCUT2D eigenvalue weighted by atomic mass is 10.1. The first kappa shape index (κ1) is 21.4. The standard InChI is InChI=1S/C22H16F2N4O3S/c23-17-4-5-18(28-31-32-15-2-6-19-20(10-15)30-8-7-29-19)21(24)16(17)3-1-13-9-14(11-25)22(26)27-12-13/h2,4-6,9-12,25,28H,7-8H2,(H2,26,27). The van der Waals surface area contributed by atoms with Gasteiger partial charge in [-0.25, -0.2) is 13.8 Å². The van der Waals surface area contributed by atoms with Gasteiger partial charge in [0.05, 0.1) is 23.3 Å². The van der Waals surface area contributed by atoms with Crippen LogP contribution in [0.25, 0.3) is 0 Å². The van der Waals surface area contributed by atoms with Crippen LogP contribution in [0.5, 0.6) is 11.5 Å². The molecule has 2 aromatic carbocycles. The molecule has 0 aliphatic carbocycles. The molecule has 7 nitrogen and oxygen atoms in total. The Morgan fingerprint density at radius 2 is 1.94 bits per heavy atom. The van der Waals surface area contributed by atoms with Crippen molar-refractivity contribution in [2.45, 2.75) is 4.90 Å². The molecule has 0 saturated heterocycles. The Hall–Kier alpha value is -3.81. The van der Waals surface area contributed by atoms with Gasteiger partial charge in [0.15, 0.2) is 17.3 Å². The Balaban J connectivity index is 1.47. The average molecular weight is 454 g/mol. The summed E-state index contributed by atoms with van der Waals surface area (Å²) < 4.78 is 45.2. The van der Waals surface area contributed by atoms with E-state index in [1.54, 1.807) is 18.2 Å². The lowest BCUT2D eigenvalue weighted by Gasteiger charge is -2.18. The third kappa shape index (κ3) is 4.74. The quantitative estimate of drug-likeness (QED) is 0.230. The number of nitrogens with zero attached hydrogens (tertiary/aromatic N) is 1. The first-order valence-electron chi connectivity index (χ1n) is 9.30. The number of anilines is 2. The van der Waals surface area contributed by atoms with Crippen molar-refractivity contribution in [2.24, 2.45) is 0 Å². The van der Waals surface area contributed by atoms with Gasteiger partial charge in [-0.05, 0) is 36.4 Å². The van der Waals surface area contributed by atoms with Crippen molar-refractivity contribution in [3.05, 3.63) is 70.9 Å². The molecule has 2 heterocycles. The zero-order valence-corrected chi connectivity index (χ0v) is 17.3. The van der Waals surface area contributed by atoms with E-state index in [1.165, 1.54) is 18.3 Å². The molecular weight excluding hydrogens is 438 g/mol. The minimum atomic E-state index is -0.907. The van der Waals surface area contributed by atoms with E-state index in [0.717, 1.165) is 24.3 Å². The molecule has 0 amide bonds. The molecule has 4 rings (SSSR count). The number of aromatic nitrogens is 1. The number of rotatable bonds is 5. The summed E-state index contributed by atoms with van der Waals surface area (Å²) in [6.07, 6.45) is 2.39. The van der Waals surface area contributed by atoms with Gasteiger partial charge in [-0.3, -0.25) is 5.48 Å². The highest BCUT2D eigenvalue weighted by Gasteiger charge is 2.14. The molecule has 10 heteroatoms. The van der Waals surface area contributed by atoms with Crippen molar-refractivity contribution in [3.63, 3.8) is 0 Å². The fourth-order valence-electron chi connectivity index (χ4n) is 2.75. The molecule has 0 radical (unpaired) electrons. The van der Waals surface area contributed by atoms with Crippen molar-refractivity contribution < 1.29 is 22.5 Å². The van der Waals surface area contributed by atoms with Crippen LogP contribution in [-0.4, -0.2) is 24.4 Å². The Labute approximate surface area is 186 Å². The summed E-state index contributed by atoms with van der Waals surface area (Å²) in [7, 11) is 0. The lowest BCUT2D eigenvalue weighted by molar-refractivity contribution is 0.171. The molecule has 0 atom stereocenters. The van der Waals surface area contributed by atoms with Gasteiger partial charge < -0.3 is 20.6 Å². The molecular formula is C22H16F2N4O3S. The summed E-state index contributed by atoms with van der Waals surface area (Å²) in [6.45, 7) is 0.950. The van der Waals surface area contributed by atoms with E-state index in [9.17, 15) is 8.78 Å². The Bertz CT molecular complexity index is 1240. The summed E-state index contributed by atoms with van der Waals surface area (Å²) in [4.78, 5) is 4.60. The summed E-state index contributed by atoms with van der Waals surface area (Å²) >= 11 is 0.938. The van der Waals surface area contributed by atoms with Crippen molar-refractivity contribution in [2.75, 3.05) is 24.4 Å². The van der Waals surface area contributed by atoms with E-state index in [4.69, 9.17) is 24.9 Å². The number of hydrogen-bond acceptors (Lipinski definition) is 8. The molecule has 1 aliphatic heterocycles. The van der Waals surface area contributed by atoms with E-state index in [0.29, 0.717) is 40.7 Å². The number of pyridine rings is 1. The number of halogens is 2. The second-order valence-corrected chi connectivity index (χ2v) is 7.26. The van der Waals surface area contributed by atoms with Gasteiger partial charge in [-0.15, -0.1) is 0 Å². The summed E-state index contributed by atoms with van der Waals surface area (Å²) in [5, 5.41) is 7.30. The van der Waals surface area contributed by atoms with Gasteiger partial charge in [0.2, 0.25) is 0 Å². The molecule has 0 saturated carbocycles. The van der Waals surface area contributed by atoms with E-state index < -0.39 is 17.2 Å². The SMILES string of the molecule is N=Cc1cc(C#Cc2c(F)ccc(NOSc3ccc4c(c3)OCCO4)c2F)cnc1N. The summed E-state index contributed by atoms with van der Waals surface area (Å²) in [5.74, 6) is 4.77. The molecule has 1 aromatic heterocycles.